The summed E-state index contributed by atoms with van der Waals surface area (Å²) in [6.45, 7) is 0. The van der Waals surface area contributed by atoms with Gasteiger partial charge >= 0.3 is 12.4 Å². The third-order valence-electron chi connectivity index (χ3n) is 11.6. The predicted octanol–water partition coefficient (Wildman–Crippen LogP) is 14.8. The Morgan fingerprint density at radius 2 is 0.766 bits per heavy atom. The molecule has 3 heterocycles. The van der Waals surface area contributed by atoms with Crippen LogP contribution in [0.3, 0.4) is 0 Å². The average molecular weight is 852 g/mol. The number of fused-ring (bicyclic) bond motifs is 6. The summed E-state index contributed by atoms with van der Waals surface area (Å²) in [5.74, 6) is 0.578. The minimum absolute atomic E-state index is 0.0180. The zero-order valence-corrected chi connectivity index (χ0v) is 33.4. The van der Waals surface area contributed by atoms with E-state index >= 15 is 13.2 Å². The standard InChI is InChI=1S/C53H31F6N5/c54-52(55,56)34-23-26-37(44(29-34)53(57,58)59)42-30-35(24-27-41(42)51-61-49(32-13-3-1-4-14-32)60-50(62-51)33-15-5-2-6-16-33)64-47-22-12-9-19-40(47)43-31-36(25-28-48(43)64)63-45-20-10-7-17-38(45)39-18-8-11-21-46(39)63/h1-31H. The molecule has 0 spiro atoms. The Bertz CT molecular complexity index is 3480. The van der Waals surface area contributed by atoms with Gasteiger partial charge in [0, 0.05) is 49.6 Å². The summed E-state index contributed by atoms with van der Waals surface area (Å²) in [7, 11) is 0. The van der Waals surface area contributed by atoms with Crippen LogP contribution in [0.15, 0.2) is 188 Å². The Balaban J connectivity index is 1.18. The summed E-state index contributed by atoms with van der Waals surface area (Å²) in [5.41, 5.74) is 3.11. The second kappa shape index (κ2) is 14.8. The molecule has 0 saturated carbocycles. The van der Waals surface area contributed by atoms with E-state index in [-0.39, 0.29) is 34.7 Å². The van der Waals surface area contributed by atoms with Crippen molar-refractivity contribution in [2.24, 2.45) is 0 Å². The summed E-state index contributed by atoms with van der Waals surface area (Å²) in [6.07, 6.45) is -10.2. The fourth-order valence-electron chi connectivity index (χ4n) is 8.79. The molecule has 310 valence electrons. The summed E-state index contributed by atoms with van der Waals surface area (Å²) in [4.78, 5) is 14.4. The van der Waals surface area contributed by atoms with Crippen molar-refractivity contribution in [3.05, 3.63) is 199 Å². The molecule has 0 bridgehead atoms. The topological polar surface area (TPSA) is 48.5 Å². The monoisotopic (exact) mass is 851 g/mol. The van der Waals surface area contributed by atoms with Crippen molar-refractivity contribution < 1.29 is 26.3 Å². The predicted molar refractivity (Wildman–Crippen MR) is 240 cm³/mol. The van der Waals surface area contributed by atoms with Crippen LogP contribution in [0.1, 0.15) is 11.1 Å². The van der Waals surface area contributed by atoms with Crippen LogP contribution < -0.4 is 0 Å². The molecule has 3 aromatic heterocycles. The van der Waals surface area contributed by atoms with Gasteiger partial charge in [0.15, 0.2) is 17.5 Å². The Morgan fingerprint density at radius 3 is 1.30 bits per heavy atom. The van der Waals surface area contributed by atoms with Crippen LogP contribution in [-0.2, 0) is 12.4 Å². The van der Waals surface area contributed by atoms with Crippen LogP contribution in [0, 0.1) is 0 Å². The van der Waals surface area contributed by atoms with Gasteiger partial charge in [0.1, 0.15) is 0 Å². The van der Waals surface area contributed by atoms with E-state index in [0.29, 0.717) is 22.9 Å². The SMILES string of the molecule is FC(F)(F)c1ccc(-c2cc(-n3c4ccccc4c4cc(-n5c6ccccc6c6ccccc65)ccc43)ccc2-c2nc(-c3ccccc3)nc(-c3ccccc3)n2)c(C(F)(F)F)c1. The number of hydrogen-bond acceptors (Lipinski definition) is 3. The Kier molecular flexibility index (Phi) is 8.98. The van der Waals surface area contributed by atoms with Crippen molar-refractivity contribution in [3.63, 3.8) is 0 Å². The number of benzene rings is 8. The van der Waals surface area contributed by atoms with E-state index in [0.717, 1.165) is 55.4 Å². The molecular weight excluding hydrogens is 821 g/mol. The molecule has 11 heteroatoms. The highest BCUT2D eigenvalue weighted by molar-refractivity contribution is 6.12. The lowest BCUT2D eigenvalue weighted by molar-refractivity contribution is -0.142. The third-order valence-corrected chi connectivity index (χ3v) is 11.6. The number of rotatable bonds is 6. The molecule has 0 aliphatic carbocycles. The normalized spacial score (nSPS) is 12.2. The van der Waals surface area contributed by atoms with E-state index in [1.807, 2.05) is 126 Å². The second-order valence-electron chi connectivity index (χ2n) is 15.4. The van der Waals surface area contributed by atoms with Gasteiger partial charge in [-0.25, -0.2) is 15.0 Å². The van der Waals surface area contributed by atoms with Crippen LogP contribution in [0.25, 0.3) is 100 Å². The number of nitrogens with zero attached hydrogens (tertiary/aromatic N) is 5. The average Bonchev–Trinajstić information content (AvgIpc) is 3.83. The Morgan fingerprint density at radius 1 is 0.328 bits per heavy atom. The number of hydrogen-bond donors (Lipinski definition) is 0. The molecule has 11 rings (SSSR count). The molecule has 0 amide bonds. The largest absolute Gasteiger partial charge is 0.417 e. The molecule has 0 N–H and O–H groups in total. The molecule has 5 nitrogen and oxygen atoms in total. The molecule has 0 aliphatic rings. The minimum atomic E-state index is -5.16. The molecule has 64 heavy (non-hydrogen) atoms. The number of aromatic nitrogens is 5. The number of halogens is 6. The summed E-state index contributed by atoms with van der Waals surface area (Å²) in [5, 5.41) is 4.01. The lowest BCUT2D eigenvalue weighted by Gasteiger charge is -2.20. The van der Waals surface area contributed by atoms with Gasteiger partial charge in [-0.05, 0) is 77.9 Å². The highest BCUT2D eigenvalue weighted by atomic mass is 19.4. The third kappa shape index (κ3) is 6.55. The maximum absolute atomic E-state index is 15.1. The molecular formula is C53H31F6N5. The minimum Gasteiger partial charge on any atom is -0.309 e. The fourth-order valence-corrected chi connectivity index (χ4v) is 8.79. The van der Waals surface area contributed by atoms with E-state index in [4.69, 9.17) is 15.0 Å². The maximum atomic E-state index is 15.1. The number of para-hydroxylation sites is 3. The highest BCUT2D eigenvalue weighted by Crippen LogP contribution is 2.45. The molecule has 11 aromatic rings. The maximum Gasteiger partial charge on any atom is 0.417 e. The molecule has 0 unspecified atom stereocenters. The first-order chi connectivity index (χ1) is 31.0. The van der Waals surface area contributed by atoms with E-state index in [1.54, 1.807) is 18.2 Å². The van der Waals surface area contributed by atoms with Crippen molar-refractivity contribution >= 4 is 43.6 Å². The van der Waals surface area contributed by atoms with E-state index in [1.165, 1.54) is 0 Å². The molecule has 8 aromatic carbocycles. The molecule has 0 fully saturated rings. The van der Waals surface area contributed by atoms with Crippen LogP contribution in [0.4, 0.5) is 26.3 Å². The Labute approximate surface area is 361 Å². The van der Waals surface area contributed by atoms with Crippen molar-refractivity contribution in [1.82, 2.24) is 24.1 Å². The van der Waals surface area contributed by atoms with Crippen molar-refractivity contribution in [3.8, 4) is 56.7 Å². The van der Waals surface area contributed by atoms with E-state index in [2.05, 4.69) is 34.9 Å². The summed E-state index contributed by atoms with van der Waals surface area (Å²) < 4.78 is 91.8. The van der Waals surface area contributed by atoms with Gasteiger partial charge in [-0.15, -0.1) is 0 Å². The zero-order chi connectivity index (χ0) is 43.7. The van der Waals surface area contributed by atoms with Crippen LogP contribution in [-0.4, -0.2) is 24.1 Å². The molecule has 0 aliphatic heterocycles. The second-order valence-corrected chi connectivity index (χ2v) is 15.4. The molecule has 0 atom stereocenters. The van der Waals surface area contributed by atoms with Gasteiger partial charge in [-0.2, -0.15) is 26.3 Å². The van der Waals surface area contributed by atoms with Gasteiger partial charge in [0.2, 0.25) is 0 Å². The molecule has 0 saturated heterocycles. The quantitative estimate of drug-likeness (QED) is 0.157. The summed E-state index contributed by atoms with van der Waals surface area (Å²) in [6, 6.07) is 55.2. The van der Waals surface area contributed by atoms with E-state index in [9.17, 15) is 13.2 Å². The van der Waals surface area contributed by atoms with Gasteiger partial charge in [-0.3, -0.25) is 0 Å². The van der Waals surface area contributed by atoms with E-state index < -0.39 is 29.0 Å². The lowest BCUT2D eigenvalue weighted by atomic mass is 9.92. The first-order valence-corrected chi connectivity index (χ1v) is 20.3. The first-order valence-electron chi connectivity index (χ1n) is 20.3. The summed E-state index contributed by atoms with van der Waals surface area (Å²) >= 11 is 0. The van der Waals surface area contributed by atoms with Crippen molar-refractivity contribution in [2.75, 3.05) is 0 Å². The van der Waals surface area contributed by atoms with Crippen molar-refractivity contribution in [2.45, 2.75) is 12.4 Å². The Hall–Kier alpha value is -8.05. The van der Waals surface area contributed by atoms with Gasteiger partial charge in [0.05, 0.1) is 33.2 Å². The lowest BCUT2D eigenvalue weighted by Crippen LogP contribution is -2.12. The van der Waals surface area contributed by atoms with Gasteiger partial charge in [-0.1, -0.05) is 121 Å². The van der Waals surface area contributed by atoms with Gasteiger partial charge in [0.25, 0.3) is 0 Å². The van der Waals surface area contributed by atoms with Crippen molar-refractivity contribution in [1.29, 1.82) is 0 Å². The smallest absolute Gasteiger partial charge is 0.309 e. The van der Waals surface area contributed by atoms with Crippen LogP contribution >= 0.6 is 0 Å². The first kappa shape index (κ1) is 38.8. The van der Waals surface area contributed by atoms with Crippen LogP contribution in [0.2, 0.25) is 0 Å². The van der Waals surface area contributed by atoms with Gasteiger partial charge < -0.3 is 9.13 Å². The fraction of sp³-hybridized carbons (Fsp3) is 0.0377. The number of alkyl halides is 6. The molecule has 0 radical (unpaired) electrons. The van der Waals surface area contributed by atoms with Crippen LogP contribution in [0.5, 0.6) is 0 Å². The zero-order valence-electron chi connectivity index (χ0n) is 33.4. The highest BCUT2D eigenvalue weighted by Gasteiger charge is 2.39.